The van der Waals surface area contributed by atoms with Crippen LogP contribution in [0.4, 0.5) is 0 Å². The van der Waals surface area contributed by atoms with E-state index >= 15 is 0 Å². The van der Waals surface area contributed by atoms with Crippen molar-refractivity contribution in [3.8, 4) is 0 Å². The fraction of sp³-hybridized carbons (Fsp3) is 0.467. The lowest BCUT2D eigenvalue weighted by Crippen LogP contribution is -2.52. The number of hydrogen-bond donors (Lipinski definition) is 1. The number of carbonyl (C=O) groups excluding carboxylic acids is 1. The maximum Gasteiger partial charge on any atom is 0.335 e. The maximum absolute atomic E-state index is 12.6. The molecule has 3 unspecified atom stereocenters. The zero-order valence-electron chi connectivity index (χ0n) is 12.3. The fourth-order valence-electron chi connectivity index (χ4n) is 2.53. The average Bonchev–Trinajstić information content (AvgIpc) is 2.43. The standard InChI is InChI=1S/C15H19NO4S/c1-9-6-12(8-13(7-9)15(18)19)14(17)16-4-5-21(20)11(3)10(16)2/h6-8,10-11H,4-5H2,1-3H3,(H,18,19). The topological polar surface area (TPSA) is 74.7 Å². The lowest BCUT2D eigenvalue weighted by atomic mass is 10.0. The molecule has 0 spiro atoms. The first-order chi connectivity index (χ1) is 9.81. The van der Waals surface area contributed by atoms with Gasteiger partial charge in [0, 0.05) is 34.7 Å². The van der Waals surface area contributed by atoms with Gasteiger partial charge >= 0.3 is 5.97 Å². The van der Waals surface area contributed by atoms with Gasteiger partial charge in [-0.05, 0) is 44.5 Å². The van der Waals surface area contributed by atoms with Gasteiger partial charge in [0.1, 0.15) is 0 Å². The number of carbonyl (C=O) groups is 2. The first-order valence-electron chi connectivity index (χ1n) is 6.84. The monoisotopic (exact) mass is 309 g/mol. The summed E-state index contributed by atoms with van der Waals surface area (Å²) in [6.07, 6.45) is 0. The molecule has 2 rings (SSSR count). The summed E-state index contributed by atoms with van der Waals surface area (Å²) in [5.41, 5.74) is 1.22. The van der Waals surface area contributed by atoms with Gasteiger partial charge in [0.2, 0.25) is 0 Å². The van der Waals surface area contributed by atoms with Crippen LogP contribution in [0.1, 0.15) is 40.1 Å². The number of aromatic carboxylic acids is 1. The van der Waals surface area contributed by atoms with E-state index in [-0.39, 0.29) is 22.8 Å². The molecule has 5 nitrogen and oxygen atoms in total. The van der Waals surface area contributed by atoms with Crippen LogP contribution >= 0.6 is 0 Å². The van der Waals surface area contributed by atoms with Crippen LogP contribution < -0.4 is 0 Å². The Labute approximate surface area is 126 Å². The summed E-state index contributed by atoms with van der Waals surface area (Å²) < 4.78 is 11.8. The molecule has 0 saturated carbocycles. The first-order valence-corrected chi connectivity index (χ1v) is 8.22. The summed E-state index contributed by atoms with van der Waals surface area (Å²) in [4.78, 5) is 25.4. The Morgan fingerprint density at radius 2 is 1.86 bits per heavy atom. The molecule has 1 aromatic carbocycles. The number of carboxylic acids is 1. The number of nitrogens with zero attached hydrogens (tertiary/aromatic N) is 1. The maximum atomic E-state index is 12.6. The second-order valence-electron chi connectivity index (χ2n) is 5.42. The number of rotatable bonds is 2. The summed E-state index contributed by atoms with van der Waals surface area (Å²) in [5, 5.41) is 9.01. The van der Waals surface area contributed by atoms with Gasteiger partial charge in [0.05, 0.1) is 10.8 Å². The van der Waals surface area contributed by atoms with Crippen LogP contribution in [0.5, 0.6) is 0 Å². The molecule has 1 amide bonds. The van der Waals surface area contributed by atoms with Crippen molar-refractivity contribution in [1.82, 2.24) is 4.90 Å². The zero-order chi connectivity index (χ0) is 15.7. The van der Waals surface area contributed by atoms with Crippen LogP contribution in [-0.4, -0.2) is 49.7 Å². The Balaban J connectivity index is 2.32. The van der Waals surface area contributed by atoms with E-state index in [0.717, 1.165) is 5.56 Å². The fourth-order valence-corrected chi connectivity index (χ4v) is 3.87. The Bertz CT molecular complexity index is 614. The van der Waals surface area contributed by atoms with Crippen molar-refractivity contribution in [2.24, 2.45) is 0 Å². The average molecular weight is 309 g/mol. The minimum Gasteiger partial charge on any atom is -0.478 e. The predicted octanol–water partition coefficient (Wildman–Crippen LogP) is 1.67. The predicted molar refractivity (Wildman–Crippen MR) is 81.1 cm³/mol. The number of amides is 1. The van der Waals surface area contributed by atoms with Crippen molar-refractivity contribution in [2.45, 2.75) is 32.1 Å². The third kappa shape index (κ3) is 3.15. The highest BCUT2D eigenvalue weighted by atomic mass is 32.2. The van der Waals surface area contributed by atoms with Crippen LogP contribution in [0.15, 0.2) is 18.2 Å². The minimum atomic E-state index is -1.05. The molecule has 1 aromatic rings. The van der Waals surface area contributed by atoms with E-state index in [1.165, 1.54) is 12.1 Å². The first kappa shape index (κ1) is 15.7. The number of benzene rings is 1. The zero-order valence-corrected chi connectivity index (χ0v) is 13.1. The van der Waals surface area contributed by atoms with E-state index in [9.17, 15) is 13.8 Å². The molecule has 1 fully saturated rings. The highest BCUT2D eigenvalue weighted by Crippen LogP contribution is 2.20. The van der Waals surface area contributed by atoms with Gasteiger partial charge in [-0.2, -0.15) is 0 Å². The molecule has 6 heteroatoms. The Morgan fingerprint density at radius 1 is 1.24 bits per heavy atom. The van der Waals surface area contributed by atoms with Gasteiger partial charge in [0.15, 0.2) is 0 Å². The molecule has 0 radical (unpaired) electrons. The van der Waals surface area contributed by atoms with Crippen molar-refractivity contribution in [1.29, 1.82) is 0 Å². The van der Waals surface area contributed by atoms with Gasteiger partial charge < -0.3 is 10.0 Å². The van der Waals surface area contributed by atoms with Crippen molar-refractivity contribution < 1.29 is 18.9 Å². The normalized spacial score (nSPS) is 25.7. The second kappa shape index (κ2) is 5.97. The largest absolute Gasteiger partial charge is 0.478 e. The summed E-state index contributed by atoms with van der Waals surface area (Å²) in [5.74, 6) is -0.777. The molecule has 114 valence electrons. The Hall–Kier alpha value is -1.69. The van der Waals surface area contributed by atoms with Gasteiger partial charge in [-0.3, -0.25) is 9.00 Å². The smallest absolute Gasteiger partial charge is 0.335 e. The summed E-state index contributed by atoms with van der Waals surface area (Å²) in [7, 11) is -0.913. The van der Waals surface area contributed by atoms with Crippen LogP contribution in [0.3, 0.4) is 0 Å². The SMILES string of the molecule is Cc1cc(C(=O)O)cc(C(=O)N2CCS(=O)C(C)C2C)c1. The van der Waals surface area contributed by atoms with Crippen LogP contribution in [-0.2, 0) is 10.8 Å². The van der Waals surface area contributed by atoms with Gasteiger partial charge in [-0.15, -0.1) is 0 Å². The van der Waals surface area contributed by atoms with Gasteiger partial charge in [-0.25, -0.2) is 4.79 Å². The molecular formula is C15H19NO4S. The van der Waals surface area contributed by atoms with E-state index in [0.29, 0.717) is 17.9 Å². The lowest BCUT2D eigenvalue weighted by molar-refractivity contribution is 0.0695. The van der Waals surface area contributed by atoms with Crippen molar-refractivity contribution >= 4 is 22.7 Å². The number of carboxylic acid groups (broad SMARTS) is 1. The van der Waals surface area contributed by atoms with Gasteiger partial charge in [-0.1, -0.05) is 0 Å². The van der Waals surface area contributed by atoms with E-state index in [4.69, 9.17) is 5.11 Å². The van der Waals surface area contributed by atoms with E-state index in [2.05, 4.69) is 0 Å². The lowest BCUT2D eigenvalue weighted by Gasteiger charge is -2.37. The third-order valence-electron chi connectivity index (χ3n) is 3.95. The highest BCUT2D eigenvalue weighted by molar-refractivity contribution is 7.85. The van der Waals surface area contributed by atoms with Crippen LogP contribution in [0.25, 0.3) is 0 Å². The van der Waals surface area contributed by atoms with E-state index < -0.39 is 16.8 Å². The molecule has 1 aliphatic rings. The van der Waals surface area contributed by atoms with Crippen molar-refractivity contribution in [3.05, 3.63) is 34.9 Å². The molecule has 1 saturated heterocycles. The van der Waals surface area contributed by atoms with Crippen molar-refractivity contribution in [2.75, 3.05) is 12.3 Å². The molecule has 1 aliphatic heterocycles. The molecule has 3 atom stereocenters. The molecule has 0 aromatic heterocycles. The molecule has 0 bridgehead atoms. The summed E-state index contributed by atoms with van der Waals surface area (Å²) in [6.45, 7) is 5.96. The molecule has 1 N–H and O–H groups in total. The van der Waals surface area contributed by atoms with Crippen molar-refractivity contribution in [3.63, 3.8) is 0 Å². The van der Waals surface area contributed by atoms with Crippen LogP contribution in [0, 0.1) is 6.92 Å². The Kier molecular flexibility index (Phi) is 4.46. The van der Waals surface area contributed by atoms with E-state index in [1.54, 1.807) is 17.9 Å². The molecule has 0 aliphatic carbocycles. The number of hydrogen-bond acceptors (Lipinski definition) is 3. The number of aryl methyl sites for hydroxylation is 1. The molecule has 1 heterocycles. The minimum absolute atomic E-state index is 0.0774. The Morgan fingerprint density at radius 3 is 2.48 bits per heavy atom. The highest BCUT2D eigenvalue weighted by Gasteiger charge is 2.33. The van der Waals surface area contributed by atoms with Gasteiger partial charge in [0.25, 0.3) is 5.91 Å². The summed E-state index contributed by atoms with van der Waals surface area (Å²) in [6, 6.07) is 4.51. The third-order valence-corrected chi connectivity index (χ3v) is 5.76. The second-order valence-corrected chi connectivity index (χ2v) is 7.34. The van der Waals surface area contributed by atoms with E-state index in [1.807, 2.05) is 13.8 Å². The summed E-state index contributed by atoms with van der Waals surface area (Å²) >= 11 is 0. The molecular weight excluding hydrogens is 290 g/mol. The van der Waals surface area contributed by atoms with Crippen LogP contribution in [0.2, 0.25) is 0 Å². The quantitative estimate of drug-likeness (QED) is 0.902. The molecule has 21 heavy (non-hydrogen) atoms.